The van der Waals surface area contributed by atoms with E-state index >= 15 is 0 Å². The topological polar surface area (TPSA) is 142 Å². The van der Waals surface area contributed by atoms with Crippen LogP contribution in [0.5, 0.6) is 0 Å². The molecular formula is C26H37FN4O5S. The summed E-state index contributed by atoms with van der Waals surface area (Å²) in [5.41, 5.74) is 1.92. The summed E-state index contributed by atoms with van der Waals surface area (Å²) in [4.78, 5) is 20.7. The van der Waals surface area contributed by atoms with Crippen LogP contribution in [0.4, 0.5) is 10.3 Å². The number of halogens is 1. The van der Waals surface area contributed by atoms with Crippen molar-refractivity contribution >= 4 is 28.0 Å². The first-order valence-electron chi connectivity index (χ1n) is 12.4. The van der Waals surface area contributed by atoms with Crippen LogP contribution < -0.4 is 10.0 Å². The molecule has 0 bridgehead atoms. The normalized spacial score (nSPS) is 13.6. The van der Waals surface area contributed by atoms with Gasteiger partial charge in [-0.15, -0.1) is 0 Å². The Hall–Kier alpha value is -2.89. The lowest BCUT2D eigenvalue weighted by Gasteiger charge is -2.17. The molecule has 11 heteroatoms. The van der Waals surface area contributed by atoms with E-state index in [4.69, 9.17) is 0 Å². The second-order valence-corrected chi connectivity index (χ2v) is 11.1. The summed E-state index contributed by atoms with van der Waals surface area (Å²) in [6.45, 7) is 7.80. The molecule has 1 heterocycles. The van der Waals surface area contributed by atoms with Gasteiger partial charge in [0.05, 0.1) is 35.8 Å². The summed E-state index contributed by atoms with van der Waals surface area (Å²) in [5, 5.41) is 23.5. The van der Waals surface area contributed by atoms with Crippen molar-refractivity contribution in [3.8, 4) is 11.3 Å². The minimum Gasteiger partial charge on any atom is -0.392 e. The molecule has 0 saturated heterocycles. The zero-order valence-electron chi connectivity index (χ0n) is 21.7. The molecule has 1 amide bonds. The Kier molecular flexibility index (Phi) is 11.6. The second kappa shape index (κ2) is 14.2. The zero-order valence-corrected chi connectivity index (χ0v) is 22.6. The molecule has 9 nitrogen and oxygen atoms in total. The average Bonchev–Trinajstić information content (AvgIpc) is 2.83. The van der Waals surface area contributed by atoms with E-state index in [2.05, 4.69) is 20.0 Å². The van der Waals surface area contributed by atoms with Gasteiger partial charge in [-0.2, -0.15) is 0 Å². The van der Waals surface area contributed by atoms with Gasteiger partial charge in [0.1, 0.15) is 5.82 Å². The average molecular weight is 537 g/mol. The molecule has 0 fully saturated rings. The Bertz CT molecular complexity index is 1170. The summed E-state index contributed by atoms with van der Waals surface area (Å²) >= 11 is 0. The highest BCUT2D eigenvalue weighted by atomic mass is 32.2. The molecule has 2 rings (SSSR count). The third kappa shape index (κ3) is 9.83. The number of aliphatic hydroxyl groups excluding tert-OH is 2. The lowest BCUT2D eigenvalue weighted by molar-refractivity contribution is -0.123. The van der Waals surface area contributed by atoms with Crippen molar-refractivity contribution in [1.29, 1.82) is 0 Å². The first kappa shape index (κ1) is 30.3. The van der Waals surface area contributed by atoms with Gasteiger partial charge in [-0.05, 0) is 43.5 Å². The molecule has 2 aromatic rings. The fraction of sp³-hybridized carbons (Fsp3) is 0.500. The number of sulfonamides is 1. The maximum absolute atomic E-state index is 13.6. The number of nitrogens with zero attached hydrogens (tertiary/aromatic N) is 2. The van der Waals surface area contributed by atoms with Crippen molar-refractivity contribution in [1.82, 2.24) is 15.3 Å². The van der Waals surface area contributed by atoms with Crippen molar-refractivity contribution in [2.24, 2.45) is 0 Å². The van der Waals surface area contributed by atoms with Crippen LogP contribution in [0.15, 0.2) is 30.3 Å². The van der Waals surface area contributed by atoms with Crippen molar-refractivity contribution in [3.63, 3.8) is 0 Å². The predicted octanol–water partition coefficient (Wildman–Crippen LogP) is 3.60. The van der Waals surface area contributed by atoms with Crippen molar-refractivity contribution in [2.45, 2.75) is 71.5 Å². The van der Waals surface area contributed by atoms with Crippen LogP contribution in [0.3, 0.4) is 0 Å². The lowest BCUT2D eigenvalue weighted by Crippen LogP contribution is -2.29. The molecule has 37 heavy (non-hydrogen) atoms. The monoisotopic (exact) mass is 536 g/mol. The number of anilines is 1. The number of rotatable bonds is 14. The van der Waals surface area contributed by atoms with Crippen molar-refractivity contribution in [2.75, 3.05) is 17.0 Å². The zero-order chi connectivity index (χ0) is 27.6. The van der Waals surface area contributed by atoms with Gasteiger partial charge in [-0.3, -0.25) is 9.52 Å². The van der Waals surface area contributed by atoms with Crippen molar-refractivity contribution < 1.29 is 27.8 Å². The molecule has 2 atom stereocenters. The van der Waals surface area contributed by atoms with Gasteiger partial charge in [0.15, 0.2) is 0 Å². The molecule has 0 radical (unpaired) electrons. The minimum atomic E-state index is -3.64. The number of unbranched alkanes of at least 4 members (excludes halogenated alkanes) is 1. The smallest absolute Gasteiger partial charge is 0.237 e. The number of hydrogen-bond donors (Lipinski definition) is 4. The van der Waals surface area contributed by atoms with E-state index in [-0.39, 0.29) is 36.4 Å². The van der Waals surface area contributed by atoms with Crippen LogP contribution in [0.1, 0.15) is 70.6 Å². The molecule has 0 saturated carbocycles. The third-order valence-electron chi connectivity index (χ3n) is 5.54. The Balaban J connectivity index is 2.37. The number of carbonyl (C=O) groups is 1. The van der Waals surface area contributed by atoms with Crippen LogP contribution in [0.2, 0.25) is 0 Å². The number of nitrogens with one attached hydrogen (secondary N) is 2. The minimum absolute atomic E-state index is 0.0597. The van der Waals surface area contributed by atoms with E-state index in [1.54, 1.807) is 6.08 Å². The largest absolute Gasteiger partial charge is 0.392 e. The number of amides is 1. The number of benzene rings is 1. The highest BCUT2D eigenvalue weighted by Gasteiger charge is 2.20. The predicted molar refractivity (Wildman–Crippen MR) is 143 cm³/mol. The SMILES string of the molecule is CCCCNC(=O)C[C@H](O)C[C@H](O)/C=C/c1c(-c2ccc(F)cc2)nc(NS(=O)(=O)CC)nc1C(C)C. The number of carbonyl (C=O) groups excluding carboxylic acids is 1. The van der Waals surface area contributed by atoms with Gasteiger partial charge >= 0.3 is 0 Å². The molecule has 1 aromatic heterocycles. The summed E-state index contributed by atoms with van der Waals surface area (Å²) in [5.74, 6) is -1.13. The quantitative estimate of drug-likeness (QED) is 0.270. The maximum atomic E-state index is 13.6. The highest BCUT2D eigenvalue weighted by molar-refractivity contribution is 7.92. The fourth-order valence-electron chi connectivity index (χ4n) is 3.51. The summed E-state index contributed by atoms with van der Waals surface area (Å²) in [6, 6.07) is 5.59. The fourth-order valence-corrected chi connectivity index (χ4v) is 4.03. The van der Waals surface area contributed by atoms with Gasteiger partial charge in [0.2, 0.25) is 21.9 Å². The number of aromatic nitrogens is 2. The van der Waals surface area contributed by atoms with E-state index in [0.717, 1.165) is 12.8 Å². The Labute approximate surface area is 218 Å². The Morgan fingerprint density at radius 3 is 2.41 bits per heavy atom. The molecule has 204 valence electrons. The lowest BCUT2D eigenvalue weighted by atomic mass is 9.97. The first-order valence-corrected chi connectivity index (χ1v) is 14.1. The second-order valence-electron chi connectivity index (χ2n) is 9.09. The first-order chi connectivity index (χ1) is 17.5. The maximum Gasteiger partial charge on any atom is 0.237 e. The van der Waals surface area contributed by atoms with E-state index in [1.165, 1.54) is 37.3 Å². The summed E-state index contributed by atoms with van der Waals surface area (Å²) < 4.78 is 40.3. The van der Waals surface area contributed by atoms with Crippen LogP contribution in [-0.2, 0) is 14.8 Å². The van der Waals surface area contributed by atoms with Crippen LogP contribution >= 0.6 is 0 Å². The summed E-state index contributed by atoms with van der Waals surface area (Å²) in [7, 11) is -3.64. The van der Waals surface area contributed by atoms with Crippen LogP contribution in [-0.4, -0.2) is 59.0 Å². The van der Waals surface area contributed by atoms with Crippen molar-refractivity contribution in [3.05, 3.63) is 47.4 Å². The number of aliphatic hydroxyl groups is 2. The van der Waals surface area contributed by atoms with E-state index in [0.29, 0.717) is 29.1 Å². The van der Waals surface area contributed by atoms with Gasteiger partial charge in [-0.1, -0.05) is 39.3 Å². The number of hydrogen-bond acceptors (Lipinski definition) is 7. The highest BCUT2D eigenvalue weighted by Crippen LogP contribution is 2.31. The molecular weight excluding hydrogens is 499 g/mol. The van der Waals surface area contributed by atoms with Gasteiger partial charge < -0.3 is 15.5 Å². The molecule has 1 aromatic carbocycles. The third-order valence-corrected chi connectivity index (χ3v) is 6.79. The van der Waals surface area contributed by atoms with Crippen LogP contribution in [0.25, 0.3) is 17.3 Å². The van der Waals surface area contributed by atoms with Gasteiger partial charge in [0, 0.05) is 24.1 Å². The molecule has 0 spiro atoms. The Morgan fingerprint density at radius 2 is 1.81 bits per heavy atom. The molecule has 0 aliphatic carbocycles. The van der Waals surface area contributed by atoms with Gasteiger partial charge in [-0.25, -0.2) is 22.8 Å². The van der Waals surface area contributed by atoms with E-state index in [1.807, 2.05) is 20.8 Å². The van der Waals surface area contributed by atoms with Crippen LogP contribution in [0, 0.1) is 5.82 Å². The van der Waals surface area contributed by atoms with Gasteiger partial charge in [0.25, 0.3) is 0 Å². The molecule has 0 aliphatic rings. The molecule has 0 unspecified atom stereocenters. The molecule has 0 aliphatic heterocycles. The molecule has 4 N–H and O–H groups in total. The summed E-state index contributed by atoms with van der Waals surface area (Å²) in [6.07, 6.45) is 2.57. The Morgan fingerprint density at radius 1 is 1.14 bits per heavy atom. The van der Waals surface area contributed by atoms with E-state index < -0.39 is 28.0 Å². The van der Waals surface area contributed by atoms with E-state index in [9.17, 15) is 27.8 Å². The standard InChI is InChI=1S/C26H37FN4O5S/c1-5-7-14-28-23(34)16-21(33)15-20(32)12-13-22-24(17(3)4)29-26(31-37(35,36)6-2)30-25(22)18-8-10-19(27)11-9-18/h8-13,17,20-21,32-33H,5-7,14-16H2,1-4H3,(H,28,34)(H,29,30,31)/b13-12+/t20-,21-/m1/s1.